The molecule has 6 nitrogen and oxygen atoms in total. The molecule has 2 aromatic heterocycles. The molecule has 4 aromatic rings. The summed E-state index contributed by atoms with van der Waals surface area (Å²) in [6, 6.07) is 12.4. The summed E-state index contributed by atoms with van der Waals surface area (Å²) in [5.74, 6) is -0.990. The zero-order valence-corrected chi connectivity index (χ0v) is 15.8. The summed E-state index contributed by atoms with van der Waals surface area (Å²) in [6.07, 6.45) is 4.80. The van der Waals surface area contributed by atoms with E-state index in [0.29, 0.717) is 18.8 Å². The van der Waals surface area contributed by atoms with Crippen molar-refractivity contribution in [1.29, 1.82) is 0 Å². The molecule has 0 radical (unpaired) electrons. The molecule has 1 atom stereocenters. The number of rotatable bonds is 6. The molecule has 0 aliphatic carbocycles. The van der Waals surface area contributed by atoms with Crippen molar-refractivity contribution in [2.45, 2.75) is 18.9 Å². The van der Waals surface area contributed by atoms with Crippen molar-refractivity contribution in [2.75, 3.05) is 0 Å². The van der Waals surface area contributed by atoms with Gasteiger partial charge in [-0.1, -0.05) is 24.3 Å². The standard InChI is InChI=1S/C22H18F2N4O2/c23-16-6-4-14(5-7-16)18(15-2-1-3-17(24)12-15)8-10-28-11-9-25-22(28)20-21(30)19(29)13-26-27-20/h1-7,9,11-13,18H,8,10H2,(H,26,30)(H,27,29). The highest BCUT2D eigenvalue weighted by Gasteiger charge is 2.18. The lowest BCUT2D eigenvalue weighted by Crippen LogP contribution is -2.10. The zero-order chi connectivity index (χ0) is 21.1. The number of nitrogens with zero attached hydrogens (tertiary/aromatic N) is 3. The van der Waals surface area contributed by atoms with Gasteiger partial charge in [-0.05, 0) is 41.8 Å². The Balaban J connectivity index is 1.66. The van der Waals surface area contributed by atoms with E-state index < -0.39 is 11.2 Å². The number of aromatic amines is 1. The molecule has 0 spiro atoms. The maximum Gasteiger partial charge on any atom is 0.242 e. The third-order valence-corrected chi connectivity index (χ3v) is 4.95. The molecular formula is C22H18F2N4O2. The van der Waals surface area contributed by atoms with Gasteiger partial charge in [0.25, 0.3) is 0 Å². The molecule has 2 heterocycles. The average Bonchev–Trinajstić information content (AvgIpc) is 3.20. The molecule has 0 aliphatic heterocycles. The van der Waals surface area contributed by atoms with E-state index in [1.807, 2.05) is 6.07 Å². The number of H-pyrrole nitrogens is 1. The van der Waals surface area contributed by atoms with Gasteiger partial charge in [0.15, 0.2) is 11.6 Å². The fraction of sp³-hybridized carbons (Fsp3) is 0.136. The van der Waals surface area contributed by atoms with E-state index in [2.05, 4.69) is 15.2 Å². The van der Waals surface area contributed by atoms with Crippen molar-refractivity contribution in [3.63, 3.8) is 0 Å². The summed E-state index contributed by atoms with van der Waals surface area (Å²) in [4.78, 5) is 15.9. The third-order valence-electron chi connectivity index (χ3n) is 4.95. The largest absolute Gasteiger partial charge is 0.503 e. The first-order chi connectivity index (χ1) is 14.5. The normalized spacial score (nSPS) is 12.1. The number of imidazole rings is 1. The monoisotopic (exact) mass is 408 g/mol. The minimum atomic E-state index is -0.609. The minimum Gasteiger partial charge on any atom is -0.503 e. The molecule has 0 fully saturated rings. The van der Waals surface area contributed by atoms with E-state index in [0.717, 1.165) is 17.3 Å². The third kappa shape index (κ3) is 3.98. The number of aromatic hydroxyl groups is 1. The van der Waals surface area contributed by atoms with Gasteiger partial charge in [0.05, 0.1) is 6.20 Å². The SMILES string of the molecule is O=c1cn[nH]c(-c2nccn2CCC(c2ccc(F)cc2)c2cccc(F)c2)c1O. The van der Waals surface area contributed by atoms with Crippen LogP contribution in [-0.4, -0.2) is 24.9 Å². The number of nitrogens with one attached hydrogen (secondary N) is 1. The first kappa shape index (κ1) is 19.5. The molecule has 4 rings (SSSR count). The van der Waals surface area contributed by atoms with Crippen LogP contribution in [0.15, 0.2) is 71.9 Å². The van der Waals surface area contributed by atoms with Crippen LogP contribution < -0.4 is 5.43 Å². The topological polar surface area (TPSA) is 83.8 Å². The van der Waals surface area contributed by atoms with Gasteiger partial charge in [-0.15, -0.1) is 0 Å². The van der Waals surface area contributed by atoms with Crippen LogP contribution in [-0.2, 0) is 6.54 Å². The van der Waals surface area contributed by atoms with Gasteiger partial charge in [-0.3, -0.25) is 9.89 Å². The molecule has 0 saturated carbocycles. The number of halogens is 2. The van der Waals surface area contributed by atoms with Gasteiger partial charge in [-0.25, -0.2) is 13.8 Å². The Bertz CT molecular complexity index is 1220. The molecular weight excluding hydrogens is 390 g/mol. The van der Waals surface area contributed by atoms with Crippen LogP contribution in [0.2, 0.25) is 0 Å². The molecule has 0 saturated heterocycles. The molecule has 2 aromatic carbocycles. The quantitative estimate of drug-likeness (QED) is 0.508. The first-order valence-corrected chi connectivity index (χ1v) is 9.32. The molecule has 8 heteroatoms. The maximum absolute atomic E-state index is 13.8. The van der Waals surface area contributed by atoms with Crippen LogP contribution in [0.25, 0.3) is 11.5 Å². The Hall–Kier alpha value is -3.81. The number of benzene rings is 2. The van der Waals surface area contributed by atoms with Crippen LogP contribution in [0.4, 0.5) is 8.78 Å². The summed E-state index contributed by atoms with van der Waals surface area (Å²) in [5.41, 5.74) is 1.13. The van der Waals surface area contributed by atoms with Crippen LogP contribution in [0.1, 0.15) is 23.5 Å². The van der Waals surface area contributed by atoms with Crippen molar-refractivity contribution >= 4 is 0 Å². The Morgan fingerprint density at radius 3 is 2.63 bits per heavy atom. The van der Waals surface area contributed by atoms with E-state index in [1.54, 1.807) is 35.2 Å². The number of aromatic nitrogens is 4. The van der Waals surface area contributed by atoms with Crippen molar-refractivity contribution in [1.82, 2.24) is 19.7 Å². The number of hydrogen-bond acceptors (Lipinski definition) is 4. The second-order valence-corrected chi connectivity index (χ2v) is 6.85. The predicted molar refractivity (Wildman–Crippen MR) is 107 cm³/mol. The minimum absolute atomic E-state index is 0.122. The highest BCUT2D eigenvalue weighted by molar-refractivity contribution is 5.57. The lowest BCUT2D eigenvalue weighted by atomic mass is 9.88. The lowest BCUT2D eigenvalue weighted by molar-refractivity contribution is 0.466. The zero-order valence-electron chi connectivity index (χ0n) is 15.8. The van der Waals surface area contributed by atoms with Gasteiger partial charge in [0.2, 0.25) is 5.43 Å². The fourth-order valence-corrected chi connectivity index (χ4v) is 3.48. The summed E-state index contributed by atoms with van der Waals surface area (Å²) in [6.45, 7) is 0.449. The van der Waals surface area contributed by atoms with E-state index in [4.69, 9.17) is 0 Å². The van der Waals surface area contributed by atoms with Crippen LogP contribution >= 0.6 is 0 Å². The van der Waals surface area contributed by atoms with Gasteiger partial charge in [0.1, 0.15) is 17.3 Å². The van der Waals surface area contributed by atoms with Gasteiger partial charge < -0.3 is 9.67 Å². The van der Waals surface area contributed by atoms with Crippen LogP contribution in [0.5, 0.6) is 5.75 Å². The van der Waals surface area contributed by atoms with E-state index in [1.165, 1.54) is 24.3 Å². The van der Waals surface area contributed by atoms with E-state index in [9.17, 15) is 18.7 Å². The second-order valence-electron chi connectivity index (χ2n) is 6.85. The highest BCUT2D eigenvalue weighted by atomic mass is 19.1. The molecule has 0 aliphatic rings. The molecule has 0 amide bonds. The number of aryl methyl sites for hydroxylation is 1. The first-order valence-electron chi connectivity index (χ1n) is 9.32. The average molecular weight is 408 g/mol. The van der Waals surface area contributed by atoms with E-state index >= 15 is 0 Å². The van der Waals surface area contributed by atoms with E-state index in [-0.39, 0.29) is 23.2 Å². The van der Waals surface area contributed by atoms with Crippen molar-refractivity contribution in [3.05, 3.63) is 100 Å². The summed E-state index contributed by atoms with van der Waals surface area (Å²) >= 11 is 0. The van der Waals surface area contributed by atoms with Crippen LogP contribution in [0.3, 0.4) is 0 Å². The fourth-order valence-electron chi connectivity index (χ4n) is 3.48. The predicted octanol–water partition coefficient (Wildman–Crippen LogP) is 3.84. The Morgan fingerprint density at radius 2 is 1.87 bits per heavy atom. The van der Waals surface area contributed by atoms with Gasteiger partial charge in [0, 0.05) is 24.9 Å². The summed E-state index contributed by atoms with van der Waals surface area (Å²) in [5, 5.41) is 16.4. The maximum atomic E-state index is 13.8. The van der Waals surface area contributed by atoms with Crippen molar-refractivity contribution < 1.29 is 13.9 Å². The van der Waals surface area contributed by atoms with Crippen molar-refractivity contribution in [2.24, 2.45) is 0 Å². The summed E-state index contributed by atoms with van der Waals surface area (Å²) < 4.78 is 29.0. The second kappa shape index (κ2) is 8.28. The number of hydrogen-bond donors (Lipinski definition) is 2. The Kier molecular flexibility index (Phi) is 5.38. The van der Waals surface area contributed by atoms with Gasteiger partial charge in [-0.2, -0.15) is 5.10 Å². The molecule has 1 unspecified atom stereocenters. The Labute approximate surface area is 170 Å². The lowest BCUT2D eigenvalue weighted by Gasteiger charge is -2.19. The summed E-state index contributed by atoms with van der Waals surface area (Å²) in [7, 11) is 0. The molecule has 2 N–H and O–H groups in total. The highest BCUT2D eigenvalue weighted by Crippen LogP contribution is 2.30. The smallest absolute Gasteiger partial charge is 0.242 e. The molecule has 30 heavy (non-hydrogen) atoms. The van der Waals surface area contributed by atoms with Crippen molar-refractivity contribution in [3.8, 4) is 17.3 Å². The van der Waals surface area contributed by atoms with Crippen LogP contribution in [0, 0.1) is 11.6 Å². The molecule has 152 valence electrons. The molecule has 0 bridgehead atoms. The Morgan fingerprint density at radius 1 is 1.07 bits per heavy atom. The van der Waals surface area contributed by atoms with Gasteiger partial charge >= 0.3 is 0 Å².